The van der Waals surface area contributed by atoms with Gasteiger partial charge in [0.25, 0.3) is 10.0 Å². The minimum absolute atomic E-state index is 0.0603. The quantitative estimate of drug-likeness (QED) is 0.725. The second-order valence-corrected chi connectivity index (χ2v) is 12.0. The van der Waals surface area contributed by atoms with Crippen LogP contribution in [0.15, 0.2) is 35.2 Å². The molecule has 6 nitrogen and oxygen atoms in total. The van der Waals surface area contributed by atoms with Gasteiger partial charge in [-0.25, -0.2) is 13.2 Å². The van der Waals surface area contributed by atoms with Gasteiger partial charge in [-0.3, -0.25) is 4.90 Å². The second kappa shape index (κ2) is 8.39. The molecule has 1 aromatic rings. The third-order valence-corrected chi connectivity index (χ3v) is 10.2. The van der Waals surface area contributed by atoms with Crippen LogP contribution >= 0.6 is 0 Å². The van der Waals surface area contributed by atoms with Crippen molar-refractivity contribution < 1.29 is 18.3 Å². The van der Waals surface area contributed by atoms with E-state index in [-0.39, 0.29) is 4.90 Å². The van der Waals surface area contributed by atoms with Crippen molar-refractivity contribution in [3.05, 3.63) is 30.3 Å². The summed E-state index contributed by atoms with van der Waals surface area (Å²) in [5, 5.41) is 9.94. The number of amides is 1. The number of hydrogen-bond donors (Lipinski definition) is 1. The van der Waals surface area contributed by atoms with Crippen LogP contribution in [0.4, 0.5) is 4.79 Å². The maximum Gasteiger partial charge on any atom is 0.421 e. The van der Waals surface area contributed by atoms with Crippen LogP contribution in [-0.4, -0.2) is 53.0 Å². The van der Waals surface area contributed by atoms with Gasteiger partial charge in [-0.15, -0.1) is 0 Å². The number of rotatable bonds is 4. The van der Waals surface area contributed by atoms with Crippen molar-refractivity contribution in [1.82, 2.24) is 9.21 Å². The van der Waals surface area contributed by atoms with Crippen molar-refractivity contribution in [2.24, 2.45) is 11.8 Å². The van der Waals surface area contributed by atoms with E-state index in [0.29, 0.717) is 31.0 Å². The van der Waals surface area contributed by atoms with Gasteiger partial charge in [0.15, 0.2) is 0 Å². The molecule has 7 heteroatoms. The summed E-state index contributed by atoms with van der Waals surface area (Å²) in [6.45, 7) is 0. The minimum atomic E-state index is -4.07. The lowest BCUT2D eigenvalue weighted by atomic mass is 9.68. The van der Waals surface area contributed by atoms with E-state index in [1.807, 2.05) is 0 Å². The highest BCUT2D eigenvalue weighted by atomic mass is 32.2. The van der Waals surface area contributed by atoms with Gasteiger partial charge in [0.1, 0.15) is 0 Å². The van der Waals surface area contributed by atoms with Crippen molar-refractivity contribution in [3.63, 3.8) is 0 Å². The van der Waals surface area contributed by atoms with E-state index in [4.69, 9.17) is 0 Å². The Hall–Kier alpha value is -1.60. The molecule has 2 aliphatic heterocycles. The molecule has 0 spiro atoms. The number of nitrogens with zero attached hydrogens (tertiary/aromatic N) is 2. The van der Waals surface area contributed by atoms with Crippen LogP contribution in [0.3, 0.4) is 0 Å². The topological polar surface area (TPSA) is 77.9 Å². The predicted octanol–water partition coefficient (Wildman–Crippen LogP) is 4.71. The summed E-state index contributed by atoms with van der Waals surface area (Å²) in [5.41, 5.74) is 0. The van der Waals surface area contributed by atoms with Crippen LogP contribution in [0.2, 0.25) is 0 Å². The Morgan fingerprint density at radius 3 is 2.00 bits per heavy atom. The zero-order chi connectivity index (χ0) is 21.6. The molecule has 2 saturated carbocycles. The summed E-state index contributed by atoms with van der Waals surface area (Å²) < 4.78 is 27.3. The van der Waals surface area contributed by atoms with Crippen LogP contribution in [0.25, 0.3) is 0 Å². The van der Waals surface area contributed by atoms with Gasteiger partial charge >= 0.3 is 6.09 Å². The molecule has 2 aliphatic carbocycles. The number of hydrogen-bond acceptors (Lipinski definition) is 4. The van der Waals surface area contributed by atoms with Gasteiger partial charge in [0.2, 0.25) is 0 Å². The van der Waals surface area contributed by atoms with E-state index in [1.165, 1.54) is 50.7 Å². The molecule has 4 fully saturated rings. The monoisotopic (exact) mass is 446 g/mol. The Morgan fingerprint density at radius 1 is 0.839 bits per heavy atom. The SMILES string of the molecule is O=C(O)N(C1CC2CCCC(C1)N2C1CC2CCCC(C2)C1)S(=O)(=O)c1ccccc1. The van der Waals surface area contributed by atoms with Gasteiger partial charge in [-0.05, 0) is 68.9 Å². The van der Waals surface area contributed by atoms with E-state index in [0.717, 1.165) is 35.4 Å². The lowest BCUT2D eigenvalue weighted by Crippen LogP contribution is -2.62. The molecule has 1 aromatic carbocycles. The highest BCUT2D eigenvalue weighted by Crippen LogP contribution is 2.46. The summed E-state index contributed by atoms with van der Waals surface area (Å²) in [6, 6.07) is 8.73. The maximum absolute atomic E-state index is 13.2. The molecule has 31 heavy (non-hydrogen) atoms. The molecule has 4 atom stereocenters. The molecule has 2 heterocycles. The number of piperidine rings is 2. The van der Waals surface area contributed by atoms with Crippen molar-refractivity contribution in [2.75, 3.05) is 0 Å². The molecule has 0 radical (unpaired) electrons. The van der Waals surface area contributed by atoms with E-state index in [9.17, 15) is 18.3 Å². The third-order valence-electron chi connectivity index (χ3n) is 8.35. The van der Waals surface area contributed by atoms with Crippen molar-refractivity contribution in [3.8, 4) is 0 Å². The van der Waals surface area contributed by atoms with E-state index >= 15 is 0 Å². The molecule has 1 amide bonds. The van der Waals surface area contributed by atoms with Crippen molar-refractivity contribution in [1.29, 1.82) is 0 Å². The van der Waals surface area contributed by atoms with Crippen LogP contribution < -0.4 is 0 Å². The van der Waals surface area contributed by atoms with Crippen LogP contribution in [-0.2, 0) is 10.0 Å². The first kappa shape index (κ1) is 21.3. The first-order valence-corrected chi connectivity index (χ1v) is 13.5. The Morgan fingerprint density at radius 2 is 1.42 bits per heavy atom. The number of carboxylic acid groups (broad SMARTS) is 1. The third kappa shape index (κ3) is 3.99. The second-order valence-electron chi connectivity index (χ2n) is 10.2. The lowest BCUT2D eigenvalue weighted by Gasteiger charge is -2.56. The standard InChI is InChI=1S/C24H34N2O4S/c27-24(28)26(31(29,30)23-10-2-1-3-11-23)22-15-19-8-5-9-20(16-22)25(19)21-13-17-6-4-7-18(12-17)14-21/h1-3,10-11,17-22H,4-9,12-16H2,(H,27,28). The zero-order valence-corrected chi connectivity index (χ0v) is 18.9. The summed E-state index contributed by atoms with van der Waals surface area (Å²) in [6.07, 6.45) is 11.2. The number of benzene rings is 1. The molecule has 170 valence electrons. The first-order valence-electron chi connectivity index (χ1n) is 12.0. The van der Waals surface area contributed by atoms with Gasteiger partial charge in [-0.1, -0.05) is 43.9 Å². The Labute approximate surface area is 185 Å². The van der Waals surface area contributed by atoms with Crippen LogP contribution in [0, 0.1) is 11.8 Å². The first-order chi connectivity index (χ1) is 14.9. The highest BCUT2D eigenvalue weighted by Gasteiger charge is 2.48. The Bertz CT molecular complexity index is 879. The Kier molecular flexibility index (Phi) is 5.76. The predicted molar refractivity (Wildman–Crippen MR) is 118 cm³/mol. The fourth-order valence-corrected chi connectivity index (χ4v) is 8.78. The molecule has 5 rings (SSSR count). The molecule has 1 N–H and O–H groups in total. The molecular weight excluding hydrogens is 412 g/mol. The van der Waals surface area contributed by atoms with Gasteiger partial charge in [0, 0.05) is 18.1 Å². The fraction of sp³-hybridized carbons (Fsp3) is 0.708. The van der Waals surface area contributed by atoms with Crippen LogP contribution in [0.1, 0.15) is 70.6 Å². The molecule has 4 bridgehead atoms. The number of carbonyl (C=O) groups is 1. The molecule has 0 aromatic heterocycles. The van der Waals surface area contributed by atoms with Crippen LogP contribution in [0.5, 0.6) is 0 Å². The normalized spacial score (nSPS) is 36.0. The van der Waals surface area contributed by atoms with E-state index in [2.05, 4.69) is 4.90 Å². The average Bonchev–Trinajstić information content (AvgIpc) is 2.73. The molecule has 4 unspecified atom stereocenters. The summed E-state index contributed by atoms with van der Waals surface area (Å²) in [7, 11) is -4.07. The average molecular weight is 447 g/mol. The molecule has 2 saturated heterocycles. The summed E-state index contributed by atoms with van der Waals surface area (Å²) >= 11 is 0. The summed E-state index contributed by atoms with van der Waals surface area (Å²) in [5.74, 6) is 1.70. The number of fused-ring (bicyclic) bond motifs is 4. The molecule has 4 aliphatic rings. The van der Waals surface area contributed by atoms with Crippen molar-refractivity contribution >= 4 is 16.1 Å². The summed E-state index contributed by atoms with van der Waals surface area (Å²) in [4.78, 5) is 15.0. The van der Waals surface area contributed by atoms with E-state index in [1.54, 1.807) is 18.2 Å². The van der Waals surface area contributed by atoms with E-state index < -0.39 is 22.2 Å². The number of sulfonamides is 1. The smallest absolute Gasteiger partial charge is 0.421 e. The van der Waals surface area contributed by atoms with Crippen molar-refractivity contribution in [2.45, 2.75) is 99.7 Å². The molecular formula is C24H34N2O4S. The van der Waals surface area contributed by atoms with Gasteiger partial charge in [-0.2, -0.15) is 4.31 Å². The Balaban J connectivity index is 1.38. The highest BCUT2D eigenvalue weighted by molar-refractivity contribution is 7.89. The maximum atomic E-state index is 13.2. The lowest BCUT2D eigenvalue weighted by molar-refractivity contribution is -0.0502. The minimum Gasteiger partial charge on any atom is -0.464 e. The zero-order valence-electron chi connectivity index (χ0n) is 18.1. The van der Waals surface area contributed by atoms with Gasteiger partial charge in [0.05, 0.1) is 10.9 Å². The fourth-order valence-electron chi connectivity index (χ4n) is 7.28. The largest absolute Gasteiger partial charge is 0.464 e. The van der Waals surface area contributed by atoms with Gasteiger partial charge < -0.3 is 5.11 Å².